The van der Waals surface area contributed by atoms with Crippen molar-refractivity contribution in [3.05, 3.63) is 65.2 Å². The number of ether oxygens (including phenoxy) is 2. The quantitative estimate of drug-likeness (QED) is 0.534. The third-order valence-corrected chi connectivity index (χ3v) is 5.12. The van der Waals surface area contributed by atoms with Crippen molar-refractivity contribution in [2.75, 3.05) is 25.1 Å². The van der Waals surface area contributed by atoms with Crippen LogP contribution < -0.4 is 10.1 Å². The van der Waals surface area contributed by atoms with Gasteiger partial charge in [0.15, 0.2) is 11.4 Å². The van der Waals surface area contributed by atoms with Gasteiger partial charge in [-0.3, -0.25) is 5.32 Å². The minimum absolute atomic E-state index is 0.0716. The summed E-state index contributed by atoms with van der Waals surface area (Å²) in [6.45, 7) is -0.333. The lowest BCUT2D eigenvalue weighted by Gasteiger charge is -2.14. The van der Waals surface area contributed by atoms with Crippen LogP contribution in [0.4, 0.5) is 10.6 Å². The number of carboxylic acids is 1. The number of aromatic nitrogens is 2. The largest absolute Gasteiger partial charge is 0.477 e. The Morgan fingerprint density at radius 3 is 2.29 bits per heavy atom. The van der Waals surface area contributed by atoms with Gasteiger partial charge in [0, 0.05) is 13.0 Å². The van der Waals surface area contributed by atoms with E-state index in [0.29, 0.717) is 0 Å². The molecule has 1 heterocycles. The van der Waals surface area contributed by atoms with Gasteiger partial charge in [-0.2, -0.15) is 0 Å². The summed E-state index contributed by atoms with van der Waals surface area (Å²) in [5.74, 6) is -1.71. The molecule has 31 heavy (non-hydrogen) atoms. The number of aryl methyl sites for hydroxylation is 1. The number of carboxylic acid groups (broad SMARTS) is 1. The first-order chi connectivity index (χ1) is 15.0. The van der Waals surface area contributed by atoms with Crippen LogP contribution in [-0.2, 0) is 11.8 Å². The van der Waals surface area contributed by atoms with Gasteiger partial charge < -0.3 is 19.7 Å². The molecule has 3 N–H and O–H groups in total. The van der Waals surface area contributed by atoms with Crippen LogP contribution >= 0.6 is 0 Å². The van der Waals surface area contributed by atoms with Gasteiger partial charge in [0.1, 0.15) is 13.2 Å². The Bertz CT molecular complexity index is 1090. The number of carbonyl (C=O) groups is 2. The second-order valence-corrected chi connectivity index (χ2v) is 6.98. The molecule has 0 saturated heterocycles. The number of nitrogens with one attached hydrogen (secondary N) is 1. The molecule has 9 heteroatoms. The zero-order valence-electron chi connectivity index (χ0n) is 16.7. The van der Waals surface area contributed by atoms with Gasteiger partial charge >= 0.3 is 12.1 Å². The molecule has 1 aromatic heterocycles. The molecule has 0 unspecified atom stereocenters. The number of rotatable bonds is 7. The summed E-state index contributed by atoms with van der Waals surface area (Å²) >= 11 is 0. The van der Waals surface area contributed by atoms with Gasteiger partial charge in [-0.15, -0.1) is 5.10 Å². The molecule has 0 saturated carbocycles. The Hall–Kier alpha value is -3.85. The van der Waals surface area contributed by atoms with Crippen molar-refractivity contribution >= 4 is 17.9 Å². The molecule has 2 aromatic carbocycles. The van der Waals surface area contributed by atoms with Crippen LogP contribution in [0.25, 0.3) is 11.1 Å². The first kappa shape index (κ1) is 20.4. The summed E-state index contributed by atoms with van der Waals surface area (Å²) in [5.41, 5.74) is 4.05. The van der Waals surface area contributed by atoms with Crippen LogP contribution in [0.1, 0.15) is 27.4 Å². The minimum Gasteiger partial charge on any atom is -0.477 e. The van der Waals surface area contributed by atoms with Crippen LogP contribution in [0.5, 0.6) is 5.88 Å². The Balaban J connectivity index is 1.51. The highest BCUT2D eigenvalue weighted by Crippen LogP contribution is 2.44. The number of hydrogen-bond acceptors (Lipinski definition) is 6. The molecule has 0 fully saturated rings. The number of amides is 1. The number of aliphatic hydroxyl groups excluding tert-OH is 1. The smallest absolute Gasteiger partial charge is 0.412 e. The predicted octanol–water partition coefficient (Wildman–Crippen LogP) is 2.85. The van der Waals surface area contributed by atoms with Gasteiger partial charge in [0.25, 0.3) is 0 Å². The van der Waals surface area contributed by atoms with E-state index in [-0.39, 0.29) is 43.0 Å². The molecule has 1 amide bonds. The van der Waals surface area contributed by atoms with Crippen molar-refractivity contribution in [1.82, 2.24) is 9.78 Å². The summed E-state index contributed by atoms with van der Waals surface area (Å²) in [7, 11) is 1.47. The summed E-state index contributed by atoms with van der Waals surface area (Å²) < 4.78 is 11.8. The second kappa shape index (κ2) is 8.49. The average Bonchev–Trinajstić information content (AvgIpc) is 3.25. The second-order valence-electron chi connectivity index (χ2n) is 6.98. The number of nitrogens with zero attached hydrogens (tertiary/aromatic N) is 2. The zero-order valence-corrected chi connectivity index (χ0v) is 16.7. The molecule has 1 aliphatic rings. The van der Waals surface area contributed by atoms with Crippen LogP contribution in [0.2, 0.25) is 0 Å². The van der Waals surface area contributed by atoms with Crippen molar-refractivity contribution in [3.63, 3.8) is 0 Å². The van der Waals surface area contributed by atoms with Crippen molar-refractivity contribution in [3.8, 4) is 17.0 Å². The third kappa shape index (κ3) is 3.82. The number of aromatic carboxylic acids is 1. The van der Waals surface area contributed by atoms with E-state index in [0.717, 1.165) is 22.3 Å². The molecule has 0 spiro atoms. The monoisotopic (exact) mass is 423 g/mol. The lowest BCUT2D eigenvalue weighted by Crippen LogP contribution is -2.20. The van der Waals surface area contributed by atoms with E-state index in [2.05, 4.69) is 10.4 Å². The fraction of sp³-hybridized carbons (Fsp3) is 0.227. The zero-order chi connectivity index (χ0) is 22.0. The molecule has 9 nitrogen and oxygen atoms in total. The van der Waals surface area contributed by atoms with E-state index < -0.39 is 12.1 Å². The third-order valence-electron chi connectivity index (χ3n) is 5.12. The van der Waals surface area contributed by atoms with Crippen LogP contribution in [-0.4, -0.2) is 51.9 Å². The highest BCUT2D eigenvalue weighted by Gasteiger charge is 2.30. The van der Waals surface area contributed by atoms with Crippen molar-refractivity contribution in [2.24, 2.45) is 7.05 Å². The topological polar surface area (TPSA) is 123 Å². The molecule has 0 radical (unpaired) electrons. The van der Waals surface area contributed by atoms with Gasteiger partial charge in [-0.05, 0) is 22.3 Å². The molecule has 0 aliphatic heterocycles. The fourth-order valence-electron chi connectivity index (χ4n) is 3.81. The van der Waals surface area contributed by atoms with Gasteiger partial charge in [0.05, 0.1) is 6.61 Å². The Kier molecular flexibility index (Phi) is 5.59. The van der Waals surface area contributed by atoms with Crippen LogP contribution in [0.3, 0.4) is 0 Å². The van der Waals surface area contributed by atoms with Crippen molar-refractivity contribution in [1.29, 1.82) is 0 Å². The Morgan fingerprint density at radius 2 is 1.71 bits per heavy atom. The molecule has 1 aliphatic carbocycles. The Labute approximate surface area is 177 Å². The molecule has 0 atom stereocenters. The molecule has 0 bridgehead atoms. The van der Waals surface area contributed by atoms with E-state index in [1.807, 2.05) is 48.5 Å². The Morgan fingerprint density at radius 1 is 1.10 bits per heavy atom. The molecule has 3 aromatic rings. The minimum atomic E-state index is -1.32. The highest BCUT2D eigenvalue weighted by molar-refractivity contribution is 5.99. The maximum atomic E-state index is 12.5. The summed E-state index contributed by atoms with van der Waals surface area (Å²) in [6, 6.07) is 15.9. The maximum absolute atomic E-state index is 12.5. The molecule has 160 valence electrons. The van der Waals surface area contributed by atoms with Crippen LogP contribution in [0.15, 0.2) is 48.5 Å². The number of anilines is 1. The van der Waals surface area contributed by atoms with Gasteiger partial charge in [-0.1, -0.05) is 48.5 Å². The van der Waals surface area contributed by atoms with Gasteiger partial charge in [-0.25, -0.2) is 14.3 Å². The highest BCUT2D eigenvalue weighted by atomic mass is 16.5. The standard InChI is InChI=1S/C22H21N3O6/c1-25-19(18(21(27)28)20(24-25)30-11-10-26)23-22(29)31-12-17-15-8-4-2-6-13(15)14-7-3-5-9-16(14)17/h2-9,17,26H,10-12H2,1H3,(H,23,29)(H,27,28). The number of hydrogen-bond donors (Lipinski definition) is 3. The van der Waals surface area contributed by atoms with E-state index in [9.17, 15) is 14.7 Å². The number of carbonyl (C=O) groups excluding carboxylic acids is 1. The number of benzene rings is 2. The molecular weight excluding hydrogens is 402 g/mol. The summed E-state index contributed by atoms with van der Waals surface area (Å²) in [4.78, 5) is 24.1. The summed E-state index contributed by atoms with van der Waals surface area (Å²) in [5, 5.41) is 24.8. The SMILES string of the molecule is Cn1nc(OCCO)c(C(=O)O)c1NC(=O)OCC1c2ccccc2-c2ccccc21. The lowest BCUT2D eigenvalue weighted by atomic mass is 9.98. The normalized spacial score (nSPS) is 12.2. The van der Waals surface area contributed by atoms with Gasteiger partial charge in [0.2, 0.25) is 5.88 Å². The molecular formula is C22H21N3O6. The predicted molar refractivity (Wildman–Crippen MR) is 111 cm³/mol. The number of fused-ring (bicyclic) bond motifs is 3. The number of aliphatic hydroxyl groups is 1. The molecule has 4 rings (SSSR count). The maximum Gasteiger partial charge on any atom is 0.412 e. The average molecular weight is 423 g/mol. The van der Waals surface area contributed by atoms with Crippen molar-refractivity contribution in [2.45, 2.75) is 5.92 Å². The van der Waals surface area contributed by atoms with E-state index >= 15 is 0 Å². The van der Waals surface area contributed by atoms with E-state index in [4.69, 9.17) is 14.6 Å². The van der Waals surface area contributed by atoms with E-state index in [1.165, 1.54) is 11.7 Å². The lowest BCUT2D eigenvalue weighted by molar-refractivity contribution is 0.0691. The fourth-order valence-corrected chi connectivity index (χ4v) is 3.81. The first-order valence-electron chi connectivity index (χ1n) is 9.67. The van der Waals surface area contributed by atoms with E-state index in [1.54, 1.807) is 0 Å². The van der Waals surface area contributed by atoms with Crippen molar-refractivity contribution < 1.29 is 29.3 Å². The van der Waals surface area contributed by atoms with Crippen LogP contribution in [0, 0.1) is 0 Å². The summed E-state index contributed by atoms with van der Waals surface area (Å²) in [6.07, 6.45) is -0.805. The first-order valence-corrected chi connectivity index (χ1v) is 9.67.